The molecule has 0 unspecified atom stereocenters. The van der Waals surface area contributed by atoms with E-state index in [2.05, 4.69) is 36.7 Å². The number of carbonyl (C=O) groups is 1. The van der Waals surface area contributed by atoms with E-state index < -0.39 is 0 Å². The second kappa shape index (κ2) is 5.25. The maximum absolute atomic E-state index is 11.7. The minimum atomic E-state index is -0.198. The van der Waals surface area contributed by atoms with E-state index in [4.69, 9.17) is 0 Å². The van der Waals surface area contributed by atoms with E-state index in [1.807, 2.05) is 13.8 Å². The van der Waals surface area contributed by atoms with Crippen molar-refractivity contribution in [1.29, 1.82) is 0 Å². The number of alkyl halides is 1. The first-order valence-electron chi connectivity index (χ1n) is 4.91. The van der Waals surface area contributed by atoms with Crippen LogP contribution in [0.2, 0.25) is 0 Å². The van der Waals surface area contributed by atoms with Gasteiger partial charge in [0.25, 0.3) is 5.91 Å². The van der Waals surface area contributed by atoms with Crippen molar-refractivity contribution in [3.8, 4) is 0 Å². The number of nitrogens with zero attached hydrogens (tertiary/aromatic N) is 2. The zero-order valence-electron chi connectivity index (χ0n) is 8.88. The highest BCUT2D eigenvalue weighted by molar-refractivity contribution is 9.09. The van der Waals surface area contributed by atoms with Gasteiger partial charge in [0.05, 0.1) is 6.20 Å². The van der Waals surface area contributed by atoms with Crippen LogP contribution in [0.5, 0.6) is 0 Å². The van der Waals surface area contributed by atoms with Crippen LogP contribution in [0.25, 0.3) is 0 Å². The molecule has 0 atom stereocenters. The number of hydrogen-bond acceptors (Lipinski definition) is 3. The first-order chi connectivity index (χ1) is 7.17. The van der Waals surface area contributed by atoms with Crippen LogP contribution in [-0.2, 0) is 0 Å². The lowest BCUT2D eigenvalue weighted by Gasteiger charge is -2.30. The van der Waals surface area contributed by atoms with Gasteiger partial charge in [-0.1, -0.05) is 29.8 Å². The number of aromatic amines is 1. The van der Waals surface area contributed by atoms with Gasteiger partial charge >= 0.3 is 0 Å². The molecular weight excluding hydrogens is 260 g/mol. The van der Waals surface area contributed by atoms with Crippen LogP contribution in [0.3, 0.4) is 0 Å². The Morgan fingerprint density at radius 3 is 2.67 bits per heavy atom. The molecule has 0 bridgehead atoms. The third-order valence-electron chi connectivity index (χ3n) is 2.64. The van der Waals surface area contributed by atoms with Gasteiger partial charge < -0.3 is 5.32 Å². The van der Waals surface area contributed by atoms with Crippen molar-refractivity contribution in [2.75, 3.05) is 5.33 Å². The highest BCUT2D eigenvalue weighted by Gasteiger charge is 2.27. The molecule has 1 aromatic rings. The van der Waals surface area contributed by atoms with Gasteiger partial charge in [0.15, 0.2) is 5.69 Å². The van der Waals surface area contributed by atoms with E-state index in [0.29, 0.717) is 5.69 Å². The van der Waals surface area contributed by atoms with Crippen LogP contribution in [0.4, 0.5) is 0 Å². The molecule has 0 spiro atoms. The van der Waals surface area contributed by atoms with Crippen molar-refractivity contribution in [3.05, 3.63) is 11.9 Å². The molecule has 0 aliphatic heterocycles. The Morgan fingerprint density at radius 2 is 2.27 bits per heavy atom. The lowest BCUT2D eigenvalue weighted by atomic mass is 9.95. The summed E-state index contributed by atoms with van der Waals surface area (Å²) < 4.78 is 0. The molecule has 0 aliphatic rings. The normalized spacial score (nSPS) is 11.4. The predicted molar refractivity (Wildman–Crippen MR) is 61.0 cm³/mol. The fourth-order valence-electron chi connectivity index (χ4n) is 1.27. The molecule has 0 aliphatic carbocycles. The Hall–Kier alpha value is -0.910. The van der Waals surface area contributed by atoms with Crippen molar-refractivity contribution < 1.29 is 4.79 Å². The smallest absolute Gasteiger partial charge is 0.273 e. The number of nitrogens with one attached hydrogen (secondary N) is 2. The summed E-state index contributed by atoms with van der Waals surface area (Å²) in [5.41, 5.74) is 0.123. The van der Waals surface area contributed by atoms with Gasteiger partial charge in [-0.3, -0.25) is 4.79 Å². The number of halogens is 1. The highest BCUT2D eigenvalue weighted by Crippen LogP contribution is 2.18. The molecule has 0 saturated carbocycles. The molecule has 1 rings (SSSR count). The summed E-state index contributed by atoms with van der Waals surface area (Å²) in [5.74, 6) is -0.188. The summed E-state index contributed by atoms with van der Waals surface area (Å²) in [7, 11) is 0. The van der Waals surface area contributed by atoms with Gasteiger partial charge in [0, 0.05) is 10.9 Å². The quantitative estimate of drug-likeness (QED) is 0.800. The molecule has 0 fully saturated rings. The van der Waals surface area contributed by atoms with Gasteiger partial charge in [-0.05, 0) is 12.8 Å². The third-order valence-corrected chi connectivity index (χ3v) is 3.71. The Balaban J connectivity index is 2.71. The molecule has 1 heterocycles. The van der Waals surface area contributed by atoms with Gasteiger partial charge in [-0.2, -0.15) is 15.4 Å². The minimum absolute atomic E-state index is 0.188. The second-order valence-electron chi connectivity index (χ2n) is 3.43. The van der Waals surface area contributed by atoms with Crippen molar-refractivity contribution in [2.24, 2.45) is 0 Å². The first-order valence-corrected chi connectivity index (χ1v) is 6.04. The fourth-order valence-corrected chi connectivity index (χ4v) is 2.20. The number of aromatic nitrogens is 3. The van der Waals surface area contributed by atoms with E-state index in [1.54, 1.807) is 0 Å². The Bertz CT molecular complexity index is 300. The Labute approximate surface area is 97.2 Å². The van der Waals surface area contributed by atoms with Crippen molar-refractivity contribution in [3.63, 3.8) is 0 Å². The monoisotopic (exact) mass is 274 g/mol. The molecule has 6 heteroatoms. The standard InChI is InChI=1S/C9H15BrN4O/c1-3-9(4-2,6-10)12-8(15)7-5-11-14-13-7/h5H,3-4,6H2,1-2H3,(H,12,15)(H,11,13,14). The molecule has 0 aromatic carbocycles. The topological polar surface area (TPSA) is 70.7 Å². The number of H-pyrrole nitrogens is 1. The average Bonchev–Trinajstić information content (AvgIpc) is 2.79. The molecule has 15 heavy (non-hydrogen) atoms. The van der Waals surface area contributed by atoms with Gasteiger partial charge in [-0.25, -0.2) is 0 Å². The summed E-state index contributed by atoms with van der Waals surface area (Å²) in [6.07, 6.45) is 3.16. The SMILES string of the molecule is CCC(CC)(CBr)NC(=O)c1cn[nH]n1. The lowest BCUT2D eigenvalue weighted by Crippen LogP contribution is -2.49. The van der Waals surface area contributed by atoms with E-state index in [-0.39, 0.29) is 11.4 Å². The summed E-state index contributed by atoms with van der Waals surface area (Å²) in [5, 5.41) is 13.5. The van der Waals surface area contributed by atoms with E-state index in [9.17, 15) is 4.79 Å². The predicted octanol–water partition coefficient (Wildman–Crippen LogP) is 1.49. The molecule has 5 nitrogen and oxygen atoms in total. The van der Waals surface area contributed by atoms with E-state index >= 15 is 0 Å². The van der Waals surface area contributed by atoms with Crippen molar-refractivity contribution in [1.82, 2.24) is 20.7 Å². The van der Waals surface area contributed by atoms with Crippen LogP contribution >= 0.6 is 15.9 Å². The number of carbonyl (C=O) groups excluding carboxylic acids is 1. The van der Waals surface area contributed by atoms with Gasteiger partial charge in [-0.15, -0.1) is 0 Å². The summed E-state index contributed by atoms with van der Waals surface area (Å²) in [4.78, 5) is 11.7. The van der Waals surface area contributed by atoms with Gasteiger partial charge in [0.1, 0.15) is 0 Å². The molecule has 1 amide bonds. The zero-order valence-corrected chi connectivity index (χ0v) is 10.5. The Kier molecular flexibility index (Phi) is 4.26. The molecule has 2 N–H and O–H groups in total. The minimum Gasteiger partial charge on any atom is -0.344 e. The largest absolute Gasteiger partial charge is 0.344 e. The Morgan fingerprint density at radius 1 is 1.60 bits per heavy atom. The molecular formula is C9H15BrN4O. The van der Waals surface area contributed by atoms with E-state index in [0.717, 1.165) is 18.2 Å². The van der Waals surface area contributed by atoms with Crippen molar-refractivity contribution in [2.45, 2.75) is 32.2 Å². The second-order valence-corrected chi connectivity index (χ2v) is 3.99. The van der Waals surface area contributed by atoms with E-state index in [1.165, 1.54) is 6.20 Å². The van der Waals surface area contributed by atoms with Crippen molar-refractivity contribution >= 4 is 21.8 Å². The lowest BCUT2D eigenvalue weighted by molar-refractivity contribution is 0.0898. The summed E-state index contributed by atoms with van der Waals surface area (Å²) in [6.45, 7) is 4.10. The molecule has 0 saturated heterocycles. The van der Waals surface area contributed by atoms with Crippen LogP contribution in [0.15, 0.2) is 6.20 Å². The summed E-state index contributed by atoms with van der Waals surface area (Å²) >= 11 is 3.43. The number of hydrogen-bond donors (Lipinski definition) is 2. The fraction of sp³-hybridized carbons (Fsp3) is 0.667. The van der Waals surface area contributed by atoms with Gasteiger partial charge in [0.2, 0.25) is 0 Å². The molecule has 1 aromatic heterocycles. The van der Waals surface area contributed by atoms with Crippen LogP contribution < -0.4 is 5.32 Å². The average molecular weight is 275 g/mol. The van der Waals surface area contributed by atoms with Crippen LogP contribution in [-0.4, -0.2) is 32.2 Å². The maximum Gasteiger partial charge on any atom is 0.273 e. The van der Waals surface area contributed by atoms with Crippen LogP contribution in [0, 0.1) is 0 Å². The van der Waals surface area contributed by atoms with Crippen LogP contribution in [0.1, 0.15) is 37.2 Å². The number of rotatable bonds is 5. The molecule has 0 radical (unpaired) electrons. The first kappa shape index (κ1) is 12.2. The molecule has 84 valence electrons. The maximum atomic E-state index is 11.7. The highest BCUT2D eigenvalue weighted by atomic mass is 79.9. The number of amides is 1. The zero-order chi connectivity index (χ0) is 11.3. The summed E-state index contributed by atoms with van der Waals surface area (Å²) in [6, 6.07) is 0. The third kappa shape index (κ3) is 2.77.